The van der Waals surface area contributed by atoms with E-state index in [-0.39, 0.29) is 29.3 Å². The third-order valence-corrected chi connectivity index (χ3v) is 5.91. The van der Waals surface area contributed by atoms with Crippen LogP contribution in [0.5, 0.6) is 0 Å². The fourth-order valence-corrected chi connectivity index (χ4v) is 4.15. The molecule has 1 aliphatic carbocycles. The van der Waals surface area contributed by atoms with Gasteiger partial charge in [-0.2, -0.15) is 0 Å². The number of rotatable bonds is 4. The minimum atomic E-state index is -0.125. The van der Waals surface area contributed by atoms with Gasteiger partial charge >= 0.3 is 0 Å². The maximum absolute atomic E-state index is 13.8. The Morgan fingerprint density at radius 1 is 1.24 bits per heavy atom. The molecule has 1 amide bonds. The average Bonchev–Trinajstić information content (AvgIpc) is 3.44. The second-order valence-corrected chi connectivity index (χ2v) is 7.87. The minimum Gasteiger partial charge on any atom is -0.375 e. The Labute approximate surface area is 148 Å². The van der Waals surface area contributed by atoms with E-state index in [1.165, 1.54) is 6.07 Å². The van der Waals surface area contributed by atoms with E-state index in [2.05, 4.69) is 10.2 Å². The lowest BCUT2D eigenvalue weighted by Gasteiger charge is -2.46. The third-order valence-electron chi connectivity index (χ3n) is 5.91. The number of ether oxygens (including phenoxy) is 1. The summed E-state index contributed by atoms with van der Waals surface area (Å²) in [6, 6.07) is 7.26. The van der Waals surface area contributed by atoms with E-state index >= 15 is 0 Å². The molecule has 1 N–H and O–H groups in total. The van der Waals surface area contributed by atoms with Gasteiger partial charge in [-0.25, -0.2) is 4.39 Å². The van der Waals surface area contributed by atoms with Gasteiger partial charge < -0.3 is 10.1 Å². The van der Waals surface area contributed by atoms with Crippen molar-refractivity contribution in [3.05, 3.63) is 35.6 Å². The van der Waals surface area contributed by atoms with Crippen molar-refractivity contribution in [1.82, 2.24) is 10.2 Å². The van der Waals surface area contributed by atoms with E-state index in [0.29, 0.717) is 6.54 Å². The zero-order valence-electron chi connectivity index (χ0n) is 14.7. The molecule has 4 nitrogen and oxygen atoms in total. The van der Waals surface area contributed by atoms with E-state index in [1.807, 2.05) is 12.1 Å². The molecule has 0 radical (unpaired) electrons. The summed E-state index contributed by atoms with van der Waals surface area (Å²) >= 11 is 0. The normalized spacial score (nSPS) is 26.5. The molecule has 2 aliphatic heterocycles. The SMILES string of the molecule is O=C(N[C@H]1CCOC2(CCN(Cc3ccccc3F)CC2)C1)C1CC1. The van der Waals surface area contributed by atoms with Gasteiger partial charge in [0.25, 0.3) is 0 Å². The highest BCUT2D eigenvalue weighted by Gasteiger charge is 2.41. The monoisotopic (exact) mass is 346 g/mol. The second-order valence-electron chi connectivity index (χ2n) is 7.87. The van der Waals surface area contributed by atoms with Gasteiger partial charge in [0.2, 0.25) is 5.91 Å². The molecule has 1 spiro atoms. The number of carbonyl (C=O) groups excluding carboxylic acids is 1. The quantitative estimate of drug-likeness (QED) is 0.911. The molecule has 3 fully saturated rings. The Morgan fingerprint density at radius 3 is 2.72 bits per heavy atom. The highest BCUT2D eigenvalue weighted by atomic mass is 19.1. The highest BCUT2D eigenvalue weighted by Crippen LogP contribution is 2.36. The zero-order valence-corrected chi connectivity index (χ0v) is 14.7. The fourth-order valence-electron chi connectivity index (χ4n) is 4.15. The fraction of sp³-hybridized carbons (Fsp3) is 0.650. The van der Waals surface area contributed by atoms with Crippen LogP contribution in [0.2, 0.25) is 0 Å². The Morgan fingerprint density at radius 2 is 2.00 bits per heavy atom. The predicted molar refractivity (Wildman–Crippen MR) is 93.5 cm³/mol. The Hall–Kier alpha value is -1.46. The van der Waals surface area contributed by atoms with Crippen molar-refractivity contribution in [2.45, 2.75) is 56.7 Å². The number of likely N-dealkylation sites (tertiary alicyclic amines) is 1. The van der Waals surface area contributed by atoms with Crippen LogP contribution in [0.1, 0.15) is 44.1 Å². The molecule has 1 saturated carbocycles. The third kappa shape index (κ3) is 4.04. The second kappa shape index (κ2) is 7.04. The van der Waals surface area contributed by atoms with Gasteiger partial charge in [-0.3, -0.25) is 9.69 Å². The van der Waals surface area contributed by atoms with Crippen LogP contribution in [-0.2, 0) is 16.1 Å². The molecule has 0 unspecified atom stereocenters. The van der Waals surface area contributed by atoms with Gasteiger partial charge in [-0.05, 0) is 44.6 Å². The first-order valence-corrected chi connectivity index (χ1v) is 9.54. The zero-order chi connectivity index (χ0) is 17.3. The molecule has 1 aromatic carbocycles. The van der Waals surface area contributed by atoms with E-state index in [4.69, 9.17) is 4.74 Å². The number of carbonyl (C=O) groups is 1. The van der Waals surface area contributed by atoms with Gasteiger partial charge in [0.15, 0.2) is 0 Å². The van der Waals surface area contributed by atoms with Crippen LogP contribution < -0.4 is 5.32 Å². The summed E-state index contributed by atoms with van der Waals surface area (Å²) in [7, 11) is 0. The molecule has 25 heavy (non-hydrogen) atoms. The van der Waals surface area contributed by atoms with Crippen LogP contribution in [0.15, 0.2) is 24.3 Å². The molecular formula is C20H27FN2O2. The lowest BCUT2D eigenvalue weighted by Crippen LogP contribution is -2.53. The standard InChI is InChI=1S/C20H27FN2O2/c21-18-4-2-1-3-16(18)14-23-10-8-20(9-11-23)13-17(7-12-25-20)22-19(24)15-5-6-15/h1-4,15,17H,5-14H2,(H,22,24)/t17-/m0/s1. The number of piperidine rings is 1. The number of hydrogen-bond donors (Lipinski definition) is 1. The molecule has 3 aliphatic rings. The van der Waals surface area contributed by atoms with Crippen molar-refractivity contribution >= 4 is 5.91 Å². The van der Waals surface area contributed by atoms with Crippen LogP contribution in [0.4, 0.5) is 4.39 Å². The van der Waals surface area contributed by atoms with Gasteiger partial charge in [-0.1, -0.05) is 18.2 Å². The van der Waals surface area contributed by atoms with Crippen molar-refractivity contribution in [3.8, 4) is 0 Å². The number of nitrogens with one attached hydrogen (secondary N) is 1. The van der Waals surface area contributed by atoms with Gasteiger partial charge in [0, 0.05) is 43.8 Å². The van der Waals surface area contributed by atoms with Gasteiger partial charge in [0.05, 0.1) is 5.60 Å². The number of halogens is 1. The topological polar surface area (TPSA) is 41.6 Å². The Balaban J connectivity index is 1.30. The van der Waals surface area contributed by atoms with E-state index in [1.54, 1.807) is 6.07 Å². The summed E-state index contributed by atoms with van der Waals surface area (Å²) < 4.78 is 20.0. The summed E-state index contributed by atoms with van der Waals surface area (Å²) in [5.74, 6) is 0.375. The van der Waals surface area contributed by atoms with E-state index in [0.717, 1.165) is 63.8 Å². The van der Waals surface area contributed by atoms with E-state index < -0.39 is 0 Å². The Kier molecular flexibility index (Phi) is 4.78. The van der Waals surface area contributed by atoms with Crippen molar-refractivity contribution in [3.63, 3.8) is 0 Å². The predicted octanol–water partition coefficient (Wildman–Crippen LogP) is 2.87. The molecular weight excluding hydrogens is 319 g/mol. The van der Waals surface area contributed by atoms with Gasteiger partial charge in [0.1, 0.15) is 5.82 Å². The maximum Gasteiger partial charge on any atom is 0.223 e. The van der Waals surface area contributed by atoms with Crippen LogP contribution in [-0.4, -0.2) is 42.1 Å². The molecule has 4 rings (SSSR count). The molecule has 136 valence electrons. The number of nitrogens with zero attached hydrogens (tertiary/aromatic N) is 1. The highest BCUT2D eigenvalue weighted by molar-refractivity contribution is 5.81. The molecule has 1 aromatic rings. The van der Waals surface area contributed by atoms with E-state index in [9.17, 15) is 9.18 Å². The molecule has 5 heteroatoms. The summed E-state index contributed by atoms with van der Waals surface area (Å²) in [4.78, 5) is 14.3. The summed E-state index contributed by atoms with van der Waals surface area (Å²) in [5, 5.41) is 3.23. The number of hydrogen-bond acceptors (Lipinski definition) is 3. The van der Waals surface area contributed by atoms with Crippen molar-refractivity contribution in [1.29, 1.82) is 0 Å². The van der Waals surface area contributed by atoms with Crippen LogP contribution in [0, 0.1) is 11.7 Å². The van der Waals surface area contributed by atoms with Crippen LogP contribution in [0.3, 0.4) is 0 Å². The van der Waals surface area contributed by atoms with Gasteiger partial charge in [-0.15, -0.1) is 0 Å². The average molecular weight is 346 g/mol. The first-order valence-electron chi connectivity index (χ1n) is 9.54. The first-order chi connectivity index (χ1) is 12.1. The van der Waals surface area contributed by atoms with Crippen molar-refractivity contribution < 1.29 is 13.9 Å². The maximum atomic E-state index is 13.8. The molecule has 1 atom stereocenters. The van der Waals surface area contributed by atoms with Crippen LogP contribution in [0.25, 0.3) is 0 Å². The summed E-state index contributed by atoms with van der Waals surface area (Å²) in [6.07, 6.45) is 5.84. The summed E-state index contributed by atoms with van der Waals surface area (Å²) in [6.45, 7) is 3.21. The molecule has 2 saturated heterocycles. The number of amides is 1. The first kappa shape index (κ1) is 17.0. The molecule has 2 heterocycles. The minimum absolute atomic E-state index is 0.106. The lowest BCUT2D eigenvalue weighted by molar-refractivity contribution is -0.132. The van der Waals surface area contributed by atoms with Crippen LogP contribution >= 0.6 is 0 Å². The largest absolute Gasteiger partial charge is 0.375 e. The number of benzene rings is 1. The van der Waals surface area contributed by atoms with Crippen molar-refractivity contribution in [2.24, 2.45) is 5.92 Å². The molecule has 0 aromatic heterocycles. The smallest absolute Gasteiger partial charge is 0.223 e. The molecule has 0 bridgehead atoms. The lowest BCUT2D eigenvalue weighted by atomic mass is 9.82. The summed E-state index contributed by atoms with van der Waals surface area (Å²) in [5.41, 5.74) is 0.656. The van der Waals surface area contributed by atoms with Crippen molar-refractivity contribution in [2.75, 3.05) is 19.7 Å². The Bertz CT molecular complexity index is 624.